The van der Waals surface area contributed by atoms with Gasteiger partial charge in [0.1, 0.15) is 0 Å². The van der Waals surface area contributed by atoms with Gasteiger partial charge in [-0.2, -0.15) is 5.10 Å². The van der Waals surface area contributed by atoms with Crippen molar-refractivity contribution in [3.8, 4) is 11.1 Å². The molecule has 0 spiro atoms. The van der Waals surface area contributed by atoms with Gasteiger partial charge in [0, 0.05) is 29.4 Å². The SMILES string of the molecule is NC(=O)c1cc2c[nH]nc3c-2c1CNC=C3. The van der Waals surface area contributed by atoms with Crippen molar-refractivity contribution in [3.05, 3.63) is 35.3 Å². The fourth-order valence-electron chi connectivity index (χ4n) is 2.09. The van der Waals surface area contributed by atoms with Gasteiger partial charge in [0.25, 0.3) is 0 Å². The zero-order chi connectivity index (χ0) is 11.1. The van der Waals surface area contributed by atoms with Crippen molar-refractivity contribution in [3.63, 3.8) is 0 Å². The van der Waals surface area contributed by atoms with E-state index < -0.39 is 5.91 Å². The van der Waals surface area contributed by atoms with Crippen LogP contribution in [0.2, 0.25) is 0 Å². The van der Waals surface area contributed by atoms with E-state index in [1.54, 1.807) is 12.3 Å². The zero-order valence-electron chi connectivity index (χ0n) is 8.45. The van der Waals surface area contributed by atoms with Crippen LogP contribution in [0.4, 0.5) is 0 Å². The predicted molar refractivity (Wildman–Crippen MR) is 59.6 cm³/mol. The first-order chi connectivity index (χ1) is 7.77. The first kappa shape index (κ1) is 8.96. The zero-order valence-corrected chi connectivity index (χ0v) is 8.45. The van der Waals surface area contributed by atoms with Gasteiger partial charge in [-0.05, 0) is 23.9 Å². The third kappa shape index (κ3) is 1.11. The largest absolute Gasteiger partial charge is 0.387 e. The van der Waals surface area contributed by atoms with E-state index in [1.165, 1.54) is 0 Å². The van der Waals surface area contributed by atoms with E-state index in [9.17, 15) is 4.79 Å². The Balaban J connectivity index is 2.38. The number of primary amides is 1. The molecule has 0 aromatic rings. The van der Waals surface area contributed by atoms with Gasteiger partial charge < -0.3 is 11.1 Å². The molecule has 0 bridgehead atoms. The summed E-state index contributed by atoms with van der Waals surface area (Å²) in [5.74, 6) is -0.402. The van der Waals surface area contributed by atoms with Crippen LogP contribution in [-0.4, -0.2) is 16.1 Å². The lowest BCUT2D eigenvalue weighted by Crippen LogP contribution is -2.14. The van der Waals surface area contributed by atoms with E-state index in [2.05, 4.69) is 15.5 Å². The quantitative estimate of drug-likeness (QED) is 0.653. The second kappa shape index (κ2) is 3.10. The molecule has 1 amide bonds. The highest BCUT2D eigenvalue weighted by molar-refractivity contribution is 6.00. The molecule has 16 heavy (non-hydrogen) atoms. The third-order valence-corrected chi connectivity index (χ3v) is 2.78. The maximum atomic E-state index is 11.3. The molecule has 0 aromatic heterocycles. The number of H-pyrrole nitrogens is 1. The Morgan fingerprint density at radius 1 is 1.50 bits per heavy atom. The summed E-state index contributed by atoms with van der Waals surface area (Å²) >= 11 is 0. The van der Waals surface area contributed by atoms with Crippen LogP contribution in [0.1, 0.15) is 21.6 Å². The van der Waals surface area contributed by atoms with E-state index in [0.717, 1.165) is 22.4 Å². The molecule has 0 unspecified atom stereocenters. The van der Waals surface area contributed by atoms with Gasteiger partial charge in [-0.25, -0.2) is 0 Å². The van der Waals surface area contributed by atoms with Crippen molar-refractivity contribution in [1.29, 1.82) is 0 Å². The van der Waals surface area contributed by atoms with Gasteiger partial charge in [0.15, 0.2) is 0 Å². The van der Waals surface area contributed by atoms with E-state index in [-0.39, 0.29) is 0 Å². The maximum absolute atomic E-state index is 11.3. The van der Waals surface area contributed by atoms with Crippen LogP contribution in [0.25, 0.3) is 17.2 Å². The standard InChI is InChI=1S/C11H10N4O/c12-11(16)7-3-6-4-14-15-9-1-2-13-5-8(7)10(6)9/h1-4,13-14H,5H2,(H2,12,16). The summed E-state index contributed by atoms with van der Waals surface area (Å²) in [6, 6.07) is 1.80. The topological polar surface area (TPSA) is 83.8 Å². The van der Waals surface area contributed by atoms with Gasteiger partial charge in [0.05, 0.1) is 5.69 Å². The number of amides is 1. The second-order valence-corrected chi connectivity index (χ2v) is 3.72. The summed E-state index contributed by atoms with van der Waals surface area (Å²) in [6.07, 6.45) is 5.47. The molecule has 80 valence electrons. The normalized spacial score (nSPS) is 13.5. The molecule has 0 saturated heterocycles. The van der Waals surface area contributed by atoms with E-state index >= 15 is 0 Å². The Morgan fingerprint density at radius 3 is 3.19 bits per heavy atom. The van der Waals surface area contributed by atoms with Crippen LogP contribution in [0, 0.1) is 0 Å². The number of nitrogens with two attached hydrogens (primary N) is 1. The minimum atomic E-state index is -0.402. The Morgan fingerprint density at radius 2 is 2.38 bits per heavy atom. The van der Waals surface area contributed by atoms with Crippen molar-refractivity contribution in [2.24, 2.45) is 5.73 Å². The minimum Gasteiger partial charge on any atom is -0.387 e. The molecule has 5 nitrogen and oxygen atoms in total. The Bertz CT molecular complexity index is 570. The fourth-order valence-corrected chi connectivity index (χ4v) is 2.09. The summed E-state index contributed by atoms with van der Waals surface area (Å²) in [5.41, 5.74) is 9.62. The average Bonchev–Trinajstić information content (AvgIpc) is 2.50. The Hall–Kier alpha value is -2.30. The molecule has 2 heterocycles. The number of hydrogen-bond donors (Lipinski definition) is 3. The van der Waals surface area contributed by atoms with Crippen molar-refractivity contribution in [2.75, 3.05) is 0 Å². The first-order valence-corrected chi connectivity index (χ1v) is 4.96. The van der Waals surface area contributed by atoms with Crippen molar-refractivity contribution >= 4 is 12.0 Å². The molecule has 5 heteroatoms. The summed E-state index contributed by atoms with van der Waals surface area (Å²) in [7, 11) is 0. The molecule has 0 atom stereocenters. The summed E-state index contributed by atoms with van der Waals surface area (Å²) < 4.78 is 0. The molecule has 1 aliphatic carbocycles. The van der Waals surface area contributed by atoms with Gasteiger partial charge >= 0.3 is 0 Å². The summed E-state index contributed by atoms with van der Waals surface area (Å²) in [4.78, 5) is 11.3. The number of carbonyl (C=O) groups is 1. The smallest absolute Gasteiger partial charge is 0.249 e. The highest BCUT2D eigenvalue weighted by Gasteiger charge is 2.22. The van der Waals surface area contributed by atoms with Gasteiger partial charge in [0.2, 0.25) is 5.91 Å². The number of aromatic amines is 1. The van der Waals surface area contributed by atoms with Crippen LogP contribution in [-0.2, 0) is 6.54 Å². The van der Waals surface area contributed by atoms with Gasteiger partial charge in [-0.15, -0.1) is 0 Å². The summed E-state index contributed by atoms with van der Waals surface area (Å²) in [5, 5.41) is 10.1. The third-order valence-electron chi connectivity index (χ3n) is 2.78. The van der Waals surface area contributed by atoms with Crippen LogP contribution in [0.3, 0.4) is 0 Å². The second-order valence-electron chi connectivity index (χ2n) is 3.72. The number of carbonyl (C=O) groups excluding carboxylic acids is 1. The maximum Gasteiger partial charge on any atom is 0.249 e. The van der Waals surface area contributed by atoms with Crippen molar-refractivity contribution in [1.82, 2.24) is 15.5 Å². The van der Waals surface area contributed by atoms with E-state index in [0.29, 0.717) is 12.1 Å². The molecule has 0 radical (unpaired) electrons. The van der Waals surface area contributed by atoms with E-state index in [4.69, 9.17) is 5.73 Å². The van der Waals surface area contributed by atoms with Crippen molar-refractivity contribution in [2.45, 2.75) is 6.54 Å². The minimum absolute atomic E-state index is 0.402. The molecule has 0 fully saturated rings. The fraction of sp³-hybridized carbons (Fsp3) is 0.0909. The number of nitrogens with one attached hydrogen (secondary N) is 2. The van der Waals surface area contributed by atoms with Gasteiger partial charge in [-0.3, -0.25) is 9.89 Å². The number of nitrogens with zero attached hydrogens (tertiary/aromatic N) is 1. The molecule has 0 aromatic carbocycles. The number of hydrogen-bond acceptors (Lipinski definition) is 3. The highest BCUT2D eigenvalue weighted by atomic mass is 16.1. The van der Waals surface area contributed by atoms with Crippen LogP contribution in [0.15, 0.2) is 18.5 Å². The summed E-state index contributed by atoms with van der Waals surface area (Å²) in [6.45, 7) is 0.594. The lowest BCUT2D eigenvalue weighted by Gasteiger charge is -2.04. The number of aromatic nitrogens is 2. The molecule has 4 N–H and O–H groups in total. The first-order valence-electron chi connectivity index (χ1n) is 4.96. The molecule has 0 saturated carbocycles. The van der Waals surface area contributed by atoms with Crippen LogP contribution in [0.5, 0.6) is 0 Å². The van der Waals surface area contributed by atoms with Gasteiger partial charge in [-0.1, -0.05) is 0 Å². The molecule has 3 aliphatic rings. The lowest BCUT2D eigenvalue weighted by molar-refractivity contribution is 0.1000. The monoisotopic (exact) mass is 214 g/mol. The highest BCUT2D eigenvalue weighted by Crippen LogP contribution is 2.34. The Labute approximate surface area is 91.7 Å². The van der Waals surface area contributed by atoms with Crippen molar-refractivity contribution < 1.29 is 4.79 Å². The Kier molecular flexibility index (Phi) is 1.73. The average molecular weight is 214 g/mol. The predicted octanol–water partition coefficient (Wildman–Crippen LogP) is 0.687. The molecular formula is C11H10N4O. The molecular weight excluding hydrogens is 204 g/mol. The van der Waals surface area contributed by atoms with Crippen LogP contribution >= 0.6 is 0 Å². The molecule has 3 rings (SSSR count). The molecule has 2 aliphatic heterocycles. The van der Waals surface area contributed by atoms with E-state index in [1.807, 2.05) is 12.3 Å². The number of rotatable bonds is 1. The lowest BCUT2D eigenvalue weighted by atomic mass is 10.1. The van der Waals surface area contributed by atoms with Crippen LogP contribution < -0.4 is 11.1 Å².